The summed E-state index contributed by atoms with van der Waals surface area (Å²) in [7, 11) is 0. The first-order valence-electron chi connectivity index (χ1n) is 10.5. The summed E-state index contributed by atoms with van der Waals surface area (Å²) in [5.41, 5.74) is 7.09. The average molecular weight is 383 g/mol. The summed E-state index contributed by atoms with van der Waals surface area (Å²) in [6.45, 7) is 0. The Hall–Kier alpha value is -2.50. The Kier molecular flexibility index (Phi) is 7.76. The van der Waals surface area contributed by atoms with Crippen molar-refractivity contribution in [2.45, 2.75) is 64.2 Å². The lowest BCUT2D eigenvalue weighted by Gasteiger charge is -2.19. The maximum absolute atomic E-state index is 12.1. The summed E-state index contributed by atoms with van der Waals surface area (Å²) in [6.07, 6.45) is 14.1. The maximum atomic E-state index is 12.1. The van der Waals surface area contributed by atoms with E-state index in [1.807, 2.05) is 24.3 Å². The van der Waals surface area contributed by atoms with Gasteiger partial charge in [-0.1, -0.05) is 62.8 Å². The molecule has 3 rings (SSSR count). The second kappa shape index (κ2) is 10.7. The molecule has 0 atom stereocenters. The van der Waals surface area contributed by atoms with Gasteiger partial charge in [-0.05, 0) is 36.8 Å². The van der Waals surface area contributed by atoms with Gasteiger partial charge in [0.2, 0.25) is 11.8 Å². The minimum absolute atomic E-state index is 0.0217. The van der Waals surface area contributed by atoms with E-state index in [9.17, 15) is 9.59 Å². The predicted molar refractivity (Wildman–Crippen MR) is 111 cm³/mol. The van der Waals surface area contributed by atoms with Crippen molar-refractivity contribution < 1.29 is 9.59 Å². The molecule has 2 amide bonds. The fourth-order valence-corrected chi connectivity index (χ4v) is 3.92. The molecule has 0 radical (unpaired) electrons. The van der Waals surface area contributed by atoms with Gasteiger partial charge >= 0.3 is 0 Å². The Morgan fingerprint density at radius 2 is 1.04 bits per heavy atom. The van der Waals surface area contributed by atoms with Crippen LogP contribution in [0.15, 0.2) is 34.5 Å². The highest BCUT2D eigenvalue weighted by Crippen LogP contribution is 2.24. The summed E-state index contributed by atoms with van der Waals surface area (Å²) in [5, 5.41) is 8.14. The summed E-state index contributed by atoms with van der Waals surface area (Å²) < 4.78 is 0. The van der Waals surface area contributed by atoms with Crippen molar-refractivity contribution in [1.29, 1.82) is 0 Å². The zero-order valence-corrected chi connectivity index (χ0v) is 16.4. The molecule has 0 saturated heterocycles. The third-order valence-corrected chi connectivity index (χ3v) is 5.67. The Labute approximate surface area is 166 Å². The lowest BCUT2D eigenvalue weighted by Crippen LogP contribution is -2.28. The predicted octanol–water partition coefficient (Wildman–Crippen LogP) is 3.75. The summed E-state index contributed by atoms with van der Waals surface area (Å²) >= 11 is 0. The van der Waals surface area contributed by atoms with E-state index in [0.29, 0.717) is 0 Å². The summed E-state index contributed by atoms with van der Waals surface area (Å²) in [6, 6.07) is 7.61. The topological polar surface area (TPSA) is 82.9 Å². The number of nitrogens with one attached hydrogen (secondary N) is 2. The van der Waals surface area contributed by atoms with Gasteiger partial charge in [0.25, 0.3) is 0 Å². The van der Waals surface area contributed by atoms with E-state index in [-0.39, 0.29) is 23.7 Å². The van der Waals surface area contributed by atoms with Crippen molar-refractivity contribution in [3.63, 3.8) is 0 Å². The van der Waals surface area contributed by atoms with Gasteiger partial charge in [0.05, 0.1) is 12.4 Å². The number of carbonyl (C=O) groups is 2. The molecule has 0 aliphatic heterocycles. The fraction of sp³-hybridized carbons (Fsp3) is 0.545. The molecule has 0 aromatic heterocycles. The van der Waals surface area contributed by atoms with E-state index >= 15 is 0 Å². The standard InChI is InChI=1S/C22H30N4O2/c27-21(19-7-3-1-4-8-19)25-23-15-17-11-13-18(14-12-17)16-24-26-22(28)20-9-5-2-6-10-20/h11-16,19-20H,1-10H2,(H,25,27)(H,26,28)/b23-15-,24-16+. The van der Waals surface area contributed by atoms with Crippen molar-refractivity contribution >= 4 is 24.2 Å². The number of hydrazone groups is 2. The summed E-state index contributed by atoms with van der Waals surface area (Å²) in [4.78, 5) is 24.1. The van der Waals surface area contributed by atoms with Crippen LogP contribution in [0.2, 0.25) is 0 Å². The molecule has 150 valence electrons. The molecule has 1 aromatic carbocycles. The van der Waals surface area contributed by atoms with Crippen LogP contribution in [0.1, 0.15) is 75.3 Å². The first kappa shape index (κ1) is 20.2. The van der Waals surface area contributed by atoms with Crippen LogP contribution in [0.5, 0.6) is 0 Å². The van der Waals surface area contributed by atoms with Crippen molar-refractivity contribution in [3.05, 3.63) is 35.4 Å². The number of hydrogen-bond donors (Lipinski definition) is 2. The van der Waals surface area contributed by atoms with Crippen LogP contribution in [0.3, 0.4) is 0 Å². The van der Waals surface area contributed by atoms with Gasteiger partial charge in [-0.3, -0.25) is 9.59 Å². The minimum atomic E-state index is 0.0217. The Bertz CT molecular complexity index is 639. The molecule has 0 unspecified atom stereocenters. The van der Waals surface area contributed by atoms with Gasteiger partial charge in [-0.15, -0.1) is 0 Å². The van der Waals surface area contributed by atoms with Crippen LogP contribution >= 0.6 is 0 Å². The molecular weight excluding hydrogens is 352 g/mol. The molecule has 6 nitrogen and oxygen atoms in total. The molecule has 0 heterocycles. The zero-order chi connectivity index (χ0) is 19.6. The number of rotatable bonds is 6. The monoisotopic (exact) mass is 382 g/mol. The second-order valence-electron chi connectivity index (χ2n) is 7.81. The molecule has 28 heavy (non-hydrogen) atoms. The van der Waals surface area contributed by atoms with Crippen LogP contribution < -0.4 is 10.9 Å². The normalized spacial score (nSPS) is 19.1. The molecule has 2 saturated carbocycles. The van der Waals surface area contributed by atoms with Gasteiger partial charge in [-0.25, -0.2) is 10.9 Å². The fourth-order valence-electron chi connectivity index (χ4n) is 3.92. The van der Waals surface area contributed by atoms with E-state index in [1.165, 1.54) is 12.8 Å². The van der Waals surface area contributed by atoms with E-state index < -0.39 is 0 Å². The largest absolute Gasteiger partial charge is 0.273 e. The van der Waals surface area contributed by atoms with E-state index in [0.717, 1.165) is 62.5 Å². The van der Waals surface area contributed by atoms with Crippen LogP contribution in [0, 0.1) is 11.8 Å². The third kappa shape index (κ3) is 6.29. The maximum Gasteiger partial charge on any atom is 0.243 e. The van der Waals surface area contributed by atoms with Crippen molar-refractivity contribution in [1.82, 2.24) is 10.9 Å². The van der Waals surface area contributed by atoms with E-state index in [1.54, 1.807) is 12.4 Å². The molecule has 2 aliphatic rings. The highest BCUT2D eigenvalue weighted by Gasteiger charge is 2.21. The zero-order valence-electron chi connectivity index (χ0n) is 16.4. The number of amides is 2. The quantitative estimate of drug-likeness (QED) is 0.580. The minimum Gasteiger partial charge on any atom is -0.273 e. The molecule has 0 bridgehead atoms. The van der Waals surface area contributed by atoms with Crippen molar-refractivity contribution in [2.75, 3.05) is 0 Å². The number of benzene rings is 1. The van der Waals surface area contributed by atoms with Crippen LogP contribution in [0.4, 0.5) is 0 Å². The third-order valence-electron chi connectivity index (χ3n) is 5.67. The lowest BCUT2D eigenvalue weighted by molar-refractivity contribution is -0.126. The van der Waals surface area contributed by atoms with Crippen LogP contribution in [-0.4, -0.2) is 24.2 Å². The van der Waals surface area contributed by atoms with E-state index in [4.69, 9.17) is 0 Å². The van der Waals surface area contributed by atoms with Gasteiger partial charge in [0.15, 0.2) is 0 Å². The van der Waals surface area contributed by atoms with Gasteiger partial charge in [0.1, 0.15) is 0 Å². The molecule has 0 spiro atoms. The SMILES string of the molecule is O=C(N/N=C\c1ccc(/C=N/NC(=O)C2CCCCC2)cc1)C1CCCCC1. The van der Waals surface area contributed by atoms with Crippen molar-refractivity contribution in [2.24, 2.45) is 22.0 Å². The van der Waals surface area contributed by atoms with Gasteiger partial charge in [0, 0.05) is 11.8 Å². The highest BCUT2D eigenvalue weighted by molar-refractivity contribution is 5.86. The van der Waals surface area contributed by atoms with Gasteiger partial charge < -0.3 is 0 Å². The van der Waals surface area contributed by atoms with Gasteiger partial charge in [-0.2, -0.15) is 10.2 Å². The molecule has 2 N–H and O–H groups in total. The Balaban J connectivity index is 1.42. The molecule has 1 aromatic rings. The number of nitrogens with zero attached hydrogens (tertiary/aromatic N) is 2. The number of hydrogen-bond acceptors (Lipinski definition) is 4. The number of carbonyl (C=O) groups excluding carboxylic acids is 2. The van der Waals surface area contributed by atoms with Crippen LogP contribution in [0.25, 0.3) is 0 Å². The van der Waals surface area contributed by atoms with Crippen molar-refractivity contribution in [3.8, 4) is 0 Å². The smallest absolute Gasteiger partial charge is 0.243 e. The summed E-state index contributed by atoms with van der Waals surface area (Å²) in [5.74, 6) is 0.253. The lowest BCUT2D eigenvalue weighted by atomic mass is 9.89. The first-order valence-corrected chi connectivity index (χ1v) is 10.5. The Morgan fingerprint density at radius 3 is 1.39 bits per heavy atom. The average Bonchev–Trinajstić information content (AvgIpc) is 2.76. The molecule has 2 fully saturated rings. The highest BCUT2D eigenvalue weighted by atomic mass is 16.2. The molecule has 6 heteroatoms. The molecular formula is C22H30N4O2. The molecule has 2 aliphatic carbocycles. The van der Waals surface area contributed by atoms with E-state index in [2.05, 4.69) is 21.1 Å². The second-order valence-corrected chi connectivity index (χ2v) is 7.81. The van der Waals surface area contributed by atoms with Crippen LogP contribution in [-0.2, 0) is 9.59 Å². The Morgan fingerprint density at radius 1 is 0.679 bits per heavy atom. The first-order chi connectivity index (χ1) is 13.7.